The summed E-state index contributed by atoms with van der Waals surface area (Å²) in [6.07, 6.45) is 2.81. The second kappa shape index (κ2) is 6.02. The van der Waals surface area contributed by atoms with Gasteiger partial charge in [0.1, 0.15) is 11.9 Å². The van der Waals surface area contributed by atoms with Crippen molar-refractivity contribution < 1.29 is 18.6 Å². The summed E-state index contributed by atoms with van der Waals surface area (Å²) in [5, 5.41) is 0. The van der Waals surface area contributed by atoms with Gasteiger partial charge in [-0.1, -0.05) is 0 Å². The number of hydrogen-bond donors (Lipinski definition) is 0. The molecule has 3 atom stereocenters. The van der Waals surface area contributed by atoms with Crippen molar-refractivity contribution in [1.82, 2.24) is 0 Å². The summed E-state index contributed by atoms with van der Waals surface area (Å²) in [6.45, 7) is 4.39. The molecule has 0 radical (unpaired) electrons. The Kier molecular flexibility index (Phi) is 4.43. The number of allylic oxidation sites excluding steroid dienone is 2. The summed E-state index contributed by atoms with van der Waals surface area (Å²) in [5.74, 6) is 1.55. The molecule has 1 unspecified atom stereocenters. The van der Waals surface area contributed by atoms with E-state index in [-0.39, 0.29) is 28.2 Å². The third kappa shape index (κ3) is 3.06. The first kappa shape index (κ1) is 16.9. The smallest absolute Gasteiger partial charge is 0.163 e. The van der Waals surface area contributed by atoms with Crippen LogP contribution in [-0.2, 0) is 14.2 Å². The number of fused-ring (bicyclic) bond motifs is 2. The molecule has 0 bridgehead atoms. The van der Waals surface area contributed by atoms with E-state index in [2.05, 4.69) is 15.9 Å². The Morgan fingerprint density at radius 1 is 1.26 bits per heavy atom. The molecular formula is C16H20BrFO3S2. The largest absolute Gasteiger partial charge is 0.367 e. The van der Waals surface area contributed by atoms with Gasteiger partial charge in [0.15, 0.2) is 5.79 Å². The molecule has 1 aliphatic carbocycles. The van der Waals surface area contributed by atoms with Gasteiger partial charge in [-0.25, -0.2) is 4.39 Å². The average molecular weight is 423 g/mol. The molecule has 3 aliphatic heterocycles. The lowest BCUT2D eigenvalue weighted by atomic mass is 9.89. The van der Waals surface area contributed by atoms with Crippen LogP contribution in [0.3, 0.4) is 0 Å². The zero-order chi connectivity index (χ0) is 16.2. The molecule has 23 heavy (non-hydrogen) atoms. The van der Waals surface area contributed by atoms with E-state index in [4.69, 9.17) is 14.2 Å². The third-order valence-electron chi connectivity index (χ3n) is 4.70. The zero-order valence-electron chi connectivity index (χ0n) is 13.1. The maximum atomic E-state index is 14.1. The Morgan fingerprint density at radius 3 is 2.65 bits per heavy atom. The van der Waals surface area contributed by atoms with Crippen LogP contribution in [0.15, 0.2) is 22.0 Å². The van der Waals surface area contributed by atoms with E-state index in [9.17, 15) is 4.39 Å². The highest BCUT2D eigenvalue weighted by Crippen LogP contribution is 2.58. The molecule has 3 saturated heterocycles. The highest BCUT2D eigenvalue weighted by atomic mass is 79.9. The first-order valence-electron chi connectivity index (χ1n) is 7.90. The second-order valence-electron chi connectivity index (χ2n) is 6.74. The fourth-order valence-corrected chi connectivity index (χ4v) is 7.50. The highest BCUT2D eigenvalue weighted by Gasteiger charge is 2.53. The zero-order valence-corrected chi connectivity index (χ0v) is 16.4. The number of halogens is 2. The Morgan fingerprint density at radius 2 is 2.00 bits per heavy atom. The van der Waals surface area contributed by atoms with Crippen molar-refractivity contribution >= 4 is 39.5 Å². The third-order valence-corrected chi connectivity index (χ3v) is 8.88. The van der Waals surface area contributed by atoms with Gasteiger partial charge in [0.2, 0.25) is 0 Å². The predicted octanol–water partition coefficient (Wildman–Crippen LogP) is 4.38. The molecule has 0 aromatic carbocycles. The van der Waals surface area contributed by atoms with E-state index in [0.717, 1.165) is 17.9 Å². The van der Waals surface area contributed by atoms with Gasteiger partial charge < -0.3 is 14.2 Å². The van der Waals surface area contributed by atoms with Gasteiger partial charge in [0.25, 0.3) is 0 Å². The first-order valence-corrected chi connectivity index (χ1v) is 10.7. The molecule has 4 rings (SSSR count). The SMILES string of the molecule is CC1(C)OC[C@@H]([C@H]2CC3(SCCS3)C3=CC(Br)=C(F)CC3O2)O1. The molecule has 1 spiro atoms. The molecule has 3 fully saturated rings. The number of ether oxygens (including phenoxy) is 3. The number of thioether (sulfide) groups is 2. The van der Waals surface area contributed by atoms with Gasteiger partial charge >= 0.3 is 0 Å². The molecule has 128 valence electrons. The monoisotopic (exact) mass is 422 g/mol. The van der Waals surface area contributed by atoms with Crippen LogP contribution in [0.5, 0.6) is 0 Å². The maximum Gasteiger partial charge on any atom is 0.163 e. The quantitative estimate of drug-likeness (QED) is 0.624. The normalized spacial score (nSPS) is 38.8. The molecule has 3 heterocycles. The molecule has 0 N–H and O–H groups in total. The lowest BCUT2D eigenvalue weighted by molar-refractivity contribution is -0.165. The van der Waals surface area contributed by atoms with Crippen molar-refractivity contribution in [3.8, 4) is 0 Å². The molecule has 0 aromatic rings. The highest BCUT2D eigenvalue weighted by molar-refractivity contribution is 9.11. The van der Waals surface area contributed by atoms with Crippen LogP contribution >= 0.6 is 39.5 Å². The van der Waals surface area contributed by atoms with Crippen molar-refractivity contribution in [1.29, 1.82) is 0 Å². The van der Waals surface area contributed by atoms with E-state index >= 15 is 0 Å². The fraction of sp³-hybridized carbons (Fsp3) is 0.750. The molecule has 4 aliphatic rings. The molecule has 0 saturated carbocycles. The minimum absolute atomic E-state index is 0.0105. The fourth-order valence-electron chi connectivity index (χ4n) is 3.65. The maximum absolute atomic E-state index is 14.1. The lowest BCUT2D eigenvalue weighted by Crippen LogP contribution is -2.49. The van der Waals surface area contributed by atoms with Crippen LogP contribution < -0.4 is 0 Å². The van der Waals surface area contributed by atoms with E-state index in [1.165, 1.54) is 5.57 Å². The number of hydrogen-bond acceptors (Lipinski definition) is 5. The first-order chi connectivity index (χ1) is 10.9. The van der Waals surface area contributed by atoms with Gasteiger partial charge in [-0.15, -0.1) is 23.5 Å². The van der Waals surface area contributed by atoms with E-state index in [0.29, 0.717) is 17.5 Å². The second-order valence-corrected chi connectivity index (χ2v) is 10.6. The van der Waals surface area contributed by atoms with E-state index in [1.54, 1.807) is 0 Å². The Hall–Kier alpha value is 0.470. The van der Waals surface area contributed by atoms with Crippen LogP contribution in [-0.4, -0.2) is 46.3 Å². The van der Waals surface area contributed by atoms with Crippen molar-refractivity contribution in [3.05, 3.63) is 22.0 Å². The standard InChI is InChI=1S/C16H20BrFO3S2/c1-15(2)19-8-14(21-15)13-7-16(22-3-4-23-16)9-5-10(17)11(18)6-12(9)20-13/h5,12-14H,3-4,6-8H2,1-2H3/t12?,13-,14+/m1/s1. The van der Waals surface area contributed by atoms with Crippen molar-refractivity contribution in [2.75, 3.05) is 18.1 Å². The molecule has 7 heteroatoms. The molecule has 0 amide bonds. The summed E-state index contributed by atoms with van der Waals surface area (Å²) < 4.78 is 32.7. The van der Waals surface area contributed by atoms with Gasteiger partial charge in [0.05, 0.1) is 22.9 Å². The molecular weight excluding hydrogens is 403 g/mol. The number of rotatable bonds is 1. The summed E-state index contributed by atoms with van der Waals surface area (Å²) in [6, 6.07) is 0. The summed E-state index contributed by atoms with van der Waals surface area (Å²) >= 11 is 7.29. The van der Waals surface area contributed by atoms with E-state index < -0.39 is 5.79 Å². The minimum atomic E-state index is -0.561. The van der Waals surface area contributed by atoms with Crippen molar-refractivity contribution in [2.45, 2.75) is 54.9 Å². The van der Waals surface area contributed by atoms with Gasteiger partial charge in [0, 0.05) is 28.8 Å². The Balaban J connectivity index is 1.63. The predicted molar refractivity (Wildman–Crippen MR) is 95.6 cm³/mol. The summed E-state index contributed by atoms with van der Waals surface area (Å²) in [5.41, 5.74) is 1.22. The van der Waals surface area contributed by atoms with Crippen LogP contribution in [0.2, 0.25) is 0 Å². The summed E-state index contributed by atoms with van der Waals surface area (Å²) in [4.78, 5) is 0. The molecule has 0 aromatic heterocycles. The van der Waals surface area contributed by atoms with Gasteiger partial charge in [-0.3, -0.25) is 0 Å². The van der Waals surface area contributed by atoms with Crippen LogP contribution in [0.4, 0.5) is 4.39 Å². The Labute approximate surface area is 152 Å². The lowest BCUT2D eigenvalue weighted by Gasteiger charge is -2.46. The van der Waals surface area contributed by atoms with Crippen molar-refractivity contribution in [2.24, 2.45) is 0 Å². The Bertz CT molecular complexity index is 572. The molecule has 3 nitrogen and oxygen atoms in total. The van der Waals surface area contributed by atoms with Gasteiger partial charge in [-0.2, -0.15) is 0 Å². The van der Waals surface area contributed by atoms with Crippen molar-refractivity contribution in [3.63, 3.8) is 0 Å². The topological polar surface area (TPSA) is 27.7 Å². The van der Waals surface area contributed by atoms with E-state index in [1.807, 2.05) is 43.4 Å². The average Bonchev–Trinajstić information content (AvgIpc) is 3.08. The summed E-state index contributed by atoms with van der Waals surface area (Å²) in [7, 11) is 0. The van der Waals surface area contributed by atoms with Crippen LogP contribution in [0.25, 0.3) is 0 Å². The van der Waals surface area contributed by atoms with Crippen LogP contribution in [0.1, 0.15) is 26.7 Å². The minimum Gasteiger partial charge on any atom is -0.367 e. The van der Waals surface area contributed by atoms with Gasteiger partial charge in [-0.05, 0) is 41.4 Å². The van der Waals surface area contributed by atoms with Crippen LogP contribution in [0, 0.1) is 0 Å².